The number of carbonyl (C=O) groups excluding carboxylic acids is 3. The van der Waals surface area contributed by atoms with Gasteiger partial charge in [-0.3, -0.25) is 4.79 Å². The van der Waals surface area contributed by atoms with Gasteiger partial charge in [0.25, 0.3) is 5.91 Å². The standard InChI is InChI=1S/C19H20N4O6/c1-28-18(26)14-11-22(9-10-24)17(25)16(14)20-12-3-5-13(6-4-12)23-8-7-15(21-23)19(27)29-2/h3-8,20,24H,9-11H2,1-2H3. The number of carbonyl (C=O) groups is 3. The van der Waals surface area contributed by atoms with Crippen LogP contribution in [0.1, 0.15) is 10.5 Å². The molecule has 10 nitrogen and oxygen atoms in total. The lowest BCUT2D eigenvalue weighted by Gasteiger charge is -2.15. The molecule has 10 heteroatoms. The summed E-state index contributed by atoms with van der Waals surface area (Å²) >= 11 is 0. The fourth-order valence-corrected chi connectivity index (χ4v) is 2.87. The van der Waals surface area contributed by atoms with E-state index >= 15 is 0 Å². The smallest absolute Gasteiger partial charge is 0.358 e. The van der Waals surface area contributed by atoms with Gasteiger partial charge in [0.2, 0.25) is 0 Å². The molecule has 0 fully saturated rings. The average Bonchev–Trinajstić information content (AvgIpc) is 3.34. The number of anilines is 1. The average molecular weight is 400 g/mol. The summed E-state index contributed by atoms with van der Waals surface area (Å²) in [4.78, 5) is 37.4. The van der Waals surface area contributed by atoms with E-state index in [0.29, 0.717) is 11.4 Å². The molecule has 1 aromatic carbocycles. The molecule has 0 aliphatic carbocycles. The lowest BCUT2D eigenvalue weighted by Crippen LogP contribution is -2.31. The quantitative estimate of drug-likeness (QED) is 0.638. The van der Waals surface area contributed by atoms with Gasteiger partial charge in [0.15, 0.2) is 5.69 Å². The first kappa shape index (κ1) is 20.1. The summed E-state index contributed by atoms with van der Waals surface area (Å²) in [6.45, 7) is -0.0268. The van der Waals surface area contributed by atoms with Gasteiger partial charge < -0.3 is 24.8 Å². The van der Waals surface area contributed by atoms with Gasteiger partial charge in [-0.05, 0) is 30.3 Å². The largest absolute Gasteiger partial charge is 0.466 e. The lowest BCUT2D eigenvalue weighted by atomic mass is 10.2. The molecule has 2 heterocycles. The van der Waals surface area contributed by atoms with Gasteiger partial charge in [-0.15, -0.1) is 0 Å². The third-order valence-corrected chi connectivity index (χ3v) is 4.34. The van der Waals surface area contributed by atoms with Gasteiger partial charge in [0.05, 0.1) is 38.6 Å². The van der Waals surface area contributed by atoms with Crippen molar-refractivity contribution < 1.29 is 29.0 Å². The maximum atomic E-state index is 12.5. The molecule has 0 unspecified atom stereocenters. The predicted molar refractivity (Wildman–Crippen MR) is 101 cm³/mol. The molecule has 0 saturated carbocycles. The Labute approximate surface area is 166 Å². The Morgan fingerprint density at radius 3 is 2.45 bits per heavy atom. The Morgan fingerprint density at radius 1 is 1.14 bits per heavy atom. The zero-order chi connectivity index (χ0) is 21.0. The number of aromatic nitrogens is 2. The van der Waals surface area contributed by atoms with Gasteiger partial charge in [-0.1, -0.05) is 0 Å². The monoisotopic (exact) mass is 400 g/mol. The Hall–Kier alpha value is -3.66. The molecular weight excluding hydrogens is 380 g/mol. The number of benzene rings is 1. The van der Waals surface area contributed by atoms with E-state index in [1.54, 1.807) is 36.5 Å². The minimum atomic E-state index is -0.607. The first-order chi connectivity index (χ1) is 14.0. The van der Waals surface area contributed by atoms with Crippen molar-refractivity contribution in [1.82, 2.24) is 14.7 Å². The molecule has 0 atom stereocenters. The number of nitrogens with zero attached hydrogens (tertiary/aromatic N) is 3. The van der Waals surface area contributed by atoms with E-state index in [2.05, 4.69) is 15.2 Å². The Kier molecular flexibility index (Phi) is 5.93. The van der Waals surface area contributed by atoms with Crippen LogP contribution in [-0.4, -0.2) is 71.5 Å². The van der Waals surface area contributed by atoms with Crippen LogP contribution >= 0.6 is 0 Å². The number of ether oxygens (including phenoxy) is 2. The van der Waals surface area contributed by atoms with E-state index < -0.39 is 17.8 Å². The van der Waals surface area contributed by atoms with E-state index in [1.807, 2.05) is 0 Å². The first-order valence-electron chi connectivity index (χ1n) is 8.71. The highest BCUT2D eigenvalue weighted by molar-refractivity contribution is 6.08. The van der Waals surface area contributed by atoms with Crippen molar-refractivity contribution >= 4 is 23.5 Å². The summed E-state index contributed by atoms with van der Waals surface area (Å²) in [5.74, 6) is -1.53. The summed E-state index contributed by atoms with van der Waals surface area (Å²) in [5, 5.41) is 16.2. The number of hydrogen-bond donors (Lipinski definition) is 2. The van der Waals surface area contributed by atoms with Crippen LogP contribution in [0.5, 0.6) is 0 Å². The van der Waals surface area contributed by atoms with Crippen LogP contribution in [0, 0.1) is 0 Å². The molecule has 1 aromatic heterocycles. The second-order valence-electron chi connectivity index (χ2n) is 6.10. The van der Waals surface area contributed by atoms with Gasteiger partial charge >= 0.3 is 11.9 Å². The Bertz CT molecular complexity index is 963. The van der Waals surface area contributed by atoms with Crippen molar-refractivity contribution in [3.05, 3.63) is 53.5 Å². The van der Waals surface area contributed by atoms with Crippen LogP contribution in [0.2, 0.25) is 0 Å². The van der Waals surface area contributed by atoms with E-state index in [-0.39, 0.29) is 36.7 Å². The predicted octanol–water partition coefficient (Wildman–Crippen LogP) is 0.332. The number of nitrogens with one attached hydrogen (secondary N) is 1. The molecule has 1 aliphatic heterocycles. The van der Waals surface area contributed by atoms with Crippen LogP contribution in [0.15, 0.2) is 47.8 Å². The van der Waals surface area contributed by atoms with Crippen molar-refractivity contribution in [2.75, 3.05) is 39.2 Å². The number of esters is 2. The highest BCUT2D eigenvalue weighted by Gasteiger charge is 2.34. The van der Waals surface area contributed by atoms with Gasteiger partial charge in [-0.2, -0.15) is 5.10 Å². The van der Waals surface area contributed by atoms with Crippen molar-refractivity contribution in [2.45, 2.75) is 0 Å². The molecule has 2 N–H and O–H groups in total. The number of aliphatic hydroxyl groups is 1. The molecule has 0 bridgehead atoms. The highest BCUT2D eigenvalue weighted by atomic mass is 16.5. The zero-order valence-electron chi connectivity index (χ0n) is 15.9. The first-order valence-corrected chi connectivity index (χ1v) is 8.71. The number of β-amino-alcohol motifs (C(OH)–C–C–N with tert-alkyl or cyclic N) is 1. The van der Waals surface area contributed by atoms with Crippen molar-refractivity contribution in [1.29, 1.82) is 0 Å². The van der Waals surface area contributed by atoms with Crippen molar-refractivity contribution in [3.8, 4) is 5.69 Å². The van der Waals surface area contributed by atoms with Crippen LogP contribution in [0.3, 0.4) is 0 Å². The van der Waals surface area contributed by atoms with Gasteiger partial charge in [-0.25, -0.2) is 14.3 Å². The summed E-state index contributed by atoms with van der Waals surface area (Å²) < 4.78 is 10.9. The van der Waals surface area contributed by atoms with E-state index in [0.717, 1.165) is 0 Å². The van der Waals surface area contributed by atoms with E-state index in [4.69, 9.17) is 9.84 Å². The Morgan fingerprint density at radius 2 is 1.83 bits per heavy atom. The molecular formula is C19H20N4O6. The summed E-state index contributed by atoms with van der Waals surface area (Å²) in [6, 6.07) is 8.43. The van der Waals surface area contributed by atoms with Crippen molar-refractivity contribution in [3.63, 3.8) is 0 Å². The minimum absolute atomic E-state index is 0.0656. The summed E-state index contributed by atoms with van der Waals surface area (Å²) in [6.07, 6.45) is 1.62. The lowest BCUT2D eigenvalue weighted by molar-refractivity contribution is -0.136. The molecule has 1 amide bonds. The van der Waals surface area contributed by atoms with Crippen LogP contribution < -0.4 is 5.32 Å². The number of aliphatic hydroxyl groups excluding tert-OH is 1. The molecule has 152 valence electrons. The highest BCUT2D eigenvalue weighted by Crippen LogP contribution is 2.23. The maximum Gasteiger partial charge on any atom is 0.358 e. The molecule has 0 saturated heterocycles. The van der Waals surface area contributed by atoms with E-state index in [1.165, 1.54) is 23.8 Å². The van der Waals surface area contributed by atoms with Crippen LogP contribution in [0.4, 0.5) is 5.69 Å². The molecule has 29 heavy (non-hydrogen) atoms. The fourth-order valence-electron chi connectivity index (χ4n) is 2.87. The number of methoxy groups -OCH3 is 2. The molecule has 2 aromatic rings. The molecule has 1 aliphatic rings. The van der Waals surface area contributed by atoms with Crippen molar-refractivity contribution in [2.24, 2.45) is 0 Å². The normalized spacial score (nSPS) is 13.6. The maximum absolute atomic E-state index is 12.5. The minimum Gasteiger partial charge on any atom is -0.466 e. The SMILES string of the molecule is COC(=O)C1=C(Nc2ccc(-n3ccc(C(=O)OC)n3)cc2)C(=O)N(CCO)C1. The number of hydrogen-bond acceptors (Lipinski definition) is 8. The van der Waals surface area contributed by atoms with Crippen LogP contribution in [-0.2, 0) is 19.1 Å². The summed E-state index contributed by atoms with van der Waals surface area (Å²) in [5.41, 5.74) is 1.76. The molecule has 3 rings (SSSR count). The molecule has 0 radical (unpaired) electrons. The van der Waals surface area contributed by atoms with Gasteiger partial charge in [0.1, 0.15) is 5.70 Å². The zero-order valence-corrected chi connectivity index (χ0v) is 15.9. The third-order valence-electron chi connectivity index (χ3n) is 4.34. The summed E-state index contributed by atoms with van der Waals surface area (Å²) in [7, 11) is 2.53. The van der Waals surface area contributed by atoms with Crippen LogP contribution in [0.25, 0.3) is 5.69 Å². The number of rotatable bonds is 7. The topological polar surface area (TPSA) is 123 Å². The molecule has 0 spiro atoms. The second kappa shape index (κ2) is 8.57. The number of amides is 1. The Balaban J connectivity index is 1.80. The van der Waals surface area contributed by atoms with Gasteiger partial charge in [0, 0.05) is 18.4 Å². The second-order valence-corrected chi connectivity index (χ2v) is 6.10. The third kappa shape index (κ3) is 4.11. The van der Waals surface area contributed by atoms with E-state index in [9.17, 15) is 14.4 Å². The fraction of sp³-hybridized carbons (Fsp3) is 0.263.